The number of amidine groups is 1. The summed E-state index contributed by atoms with van der Waals surface area (Å²) < 4.78 is 12.1. The number of aromatic nitrogens is 2. The van der Waals surface area contributed by atoms with Gasteiger partial charge in [-0.2, -0.15) is 24.9 Å². The Bertz CT molecular complexity index is 1100. The zero-order valence-corrected chi connectivity index (χ0v) is 16.6. The number of hydrazone groups is 1. The molecule has 154 valence electrons. The third-order valence-corrected chi connectivity index (χ3v) is 4.41. The van der Waals surface area contributed by atoms with Gasteiger partial charge in [0.15, 0.2) is 18.1 Å². The number of aryl methyl sites for hydroxylation is 1. The zero-order chi connectivity index (χ0) is 21.3. The van der Waals surface area contributed by atoms with E-state index in [1.807, 2.05) is 0 Å². The monoisotopic (exact) mass is 409 g/mol. The average Bonchev–Trinajstić information content (AvgIpc) is 3.29. The Balaban J connectivity index is 1.51. The molecular weight excluding hydrogens is 390 g/mol. The molecule has 2 aliphatic rings. The highest BCUT2D eigenvalue weighted by Gasteiger charge is 2.35. The van der Waals surface area contributed by atoms with Crippen molar-refractivity contribution in [3.05, 3.63) is 36.0 Å². The first kappa shape index (κ1) is 19.3. The number of hydrogen-bond acceptors (Lipinski definition) is 8. The maximum absolute atomic E-state index is 12.4. The smallest absolute Gasteiger partial charge is 0.265 e. The number of amides is 2. The molecule has 30 heavy (non-hydrogen) atoms. The van der Waals surface area contributed by atoms with E-state index >= 15 is 0 Å². The Morgan fingerprint density at radius 3 is 2.77 bits per heavy atom. The average molecular weight is 409 g/mol. The fourth-order valence-corrected chi connectivity index (χ4v) is 3.00. The molecule has 1 aromatic carbocycles. The van der Waals surface area contributed by atoms with E-state index < -0.39 is 17.7 Å². The number of hydrogen-bond donors (Lipinski definition) is 1. The van der Waals surface area contributed by atoms with Crippen molar-refractivity contribution >= 4 is 35.6 Å². The number of anilines is 1. The van der Waals surface area contributed by atoms with Gasteiger partial charge in [-0.15, -0.1) is 0 Å². The van der Waals surface area contributed by atoms with Gasteiger partial charge in [0.1, 0.15) is 17.6 Å². The van der Waals surface area contributed by atoms with Crippen LogP contribution in [0.25, 0.3) is 0 Å². The summed E-state index contributed by atoms with van der Waals surface area (Å²) in [7, 11) is 3.21. The predicted molar refractivity (Wildman–Crippen MR) is 109 cm³/mol. The minimum absolute atomic E-state index is 0.0534. The van der Waals surface area contributed by atoms with Crippen molar-refractivity contribution in [2.24, 2.45) is 21.0 Å². The molecule has 2 aromatic rings. The largest absolute Gasteiger partial charge is 0.493 e. The van der Waals surface area contributed by atoms with Gasteiger partial charge in [-0.3, -0.25) is 14.6 Å². The van der Waals surface area contributed by atoms with Crippen molar-refractivity contribution in [3.8, 4) is 11.5 Å². The van der Waals surface area contributed by atoms with E-state index in [0.29, 0.717) is 28.8 Å². The van der Waals surface area contributed by atoms with E-state index in [0.717, 1.165) is 0 Å². The first-order valence-electron chi connectivity index (χ1n) is 9.08. The Morgan fingerprint density at radius 1 is 1.23 bits per heavy atom. The maximum atomic E-state index is 12.4. The van der Waals surface area contributed by atoms with E-state index in [-0.39, 0.29) is 12.6 Å². The first-order chi connectivity index (χ1) is 14.5. The summed E-state index contributed by atoms with van der Waals surface area (Å²) >= 11 is 0. The lowest BCUT2D eigenvalue weighted by molar-refractivity contribution is -0.118. The summed E-state index contributed by atoms with van der Waals surface area (Å²) in [5.41, 5.74) is 0.615. The number of aliphatic imine (C=N–C) groups is 2. The SMILES string of the molecule is COc1ccccc1OCC(=O)Nc1cc(C)nn1C1=NC(=O)C2C=NN(C)C2=N1. The second-order valence-electron chi connectivity index (χ2n) is 6.56. The highest BCUT2D eigenvalue weighted by atomic mass is 16.5. The van der Waals surface area contributed by atoms with Gasteiger partial charge in [-0.25, -0.2) is 0 Å². The molecule has 2 amide bonds. The van der Waals surface area contributed by atoms with Crippen molar-refractivity contribution in [2.75, 3.05) is 26.1 Å². The van der Waals surface area contributed by atoms with Crippen LogP contribution in [0.3, 0.4) is 0 Å². The molecular formula is C19H19N7O4. The van der Waals surface area contributed by atoms with Crippen LogP contribution in [0, 0.1) is 12.8 Å². The number of carbonyl (C=O) groups excluding carboxylic acids is 2. The minimum Gasteiger partial charge on any atom is -0.493 e. The lowest BCUT2D eigenvalue weighted by atomic mass is 10.1. The van der Waals surface area contributed by atoms with Crippen molar-refractivity contribution in [1.29, 1.82) is 0 Å². The topological polar surface area (TPSA) is 123 Å². The van der Waals surface area contributed by atoms with Gasteiger partial charge in [0, 0.05) is 19.3 Å². The fourth-order valence-electron chi connectivity index (χ4n) is 3.00. The van der Waals surface area contributed by atoms with Gasteiger partial charge >= 0.3 is 0 Å². The molecule has 1 unspecified atom stereocenters. The molecule has 0 saturated carbocycles. The van der Waals surface area contributed by atoms with Crippen LogP contribution in [-0.4, -0.2) is 65.4 Å². The number of benzene rings is 1. The van der Waals surface area contributed by atoms with Gasteiger partial charge < -0.3 is 14.8 Å². The minimum atomic E-state index is -0.595. The molecule has 1 N–H and O–H groups in total. The second kappa shape index (κ2) is 7.78. The highest BCUT2D eigenvalue weighted by Crippen LogP contribution is 2.25. The van der Waals surface area contributed by atoms with Crippen LogP contribution >= 0.6 is 0 Å². The van der Waals surface area contributed by atoms with Gasteiger partial charge in [0.2, 0.25) is 0 Å². The number of carbonyl (C=O) groups is 2. The summed E-state index contributed by atoms with van der Waals surface area (Å²) in [6.07, 6.45) is 1.49. The maximum Gasteiger partial charge on any atom is 0.265 e. The molecule has 0 saturated heterocycles. The number of ether oxygens (including phenoxy) is 2. The van der Waals surface area contributed by atoms with Crippen LogP contribution in [0.2, 0.25) is 0 Å². The molecule has 0 fully saturated rings. The summed E-state index contributed by atoms with van der Waals surface area (Å²) in [4.78, 5) is 33.2. The predicted octanol–water partition coefficient (Wildman–Crippen LogP) is 0.908. The quantitative estimate of drug-likeness (QED) is 0.783. The Labute approximate surface area is 171 Å². The van der Waals surface area contributed by atoms with Crippen LogP contribution < -0.4 is 14.8 Å². The third kappa shape index (κ3) is 3.64. The van der Waals surface area contributed by atoms with Crippen molar-refractivity contribution < 1.29 is 19.1 Å². The second-order valence-corrected chi connectivity index (χ2v) is 6.56. The molecule has 0 bridgehead atoms. The van der Waals surface area contributed by atoms with Crippen LogP contribution in [0.4, 0.5) is 5.82 Å². The van der Waals surface area contributed by atoms with Crippen molar-refractivity contribution in [2.45, 2.75) is 6.92 Å². The van der Waals surface area contributed by atoms with E-state index in [2.05, 4.69) is 25.5 Å². The molecule has 11 nitrogen and oxygen atoms in total. The van der Waals surface area contributed by atoms with Gasteiger partial charge in [-0.05, 0) is 19.1 Å². The van der Waals surface area contributed by atoms with Gasteiger partial charge in [0.05, 0.1) is 12.8 Å². The van der Waals surface area contributed by atoms with Crippen molar-refractivity contribution in [3.63, 3.8) is 0 Å². The zero-order valence-electron chi connectivity index (χ0n) is 16.6. The normalized spacial score (nSPS) is 17.4. The molecule has 2 aliphatic heterocycles. The summed E-state index contributed by atoms with van der Waals surface area (Å²) in [5, 5.41) is 12.6. The van der Waals surface area contributed by atoms with Crippen LogP contribution in [-0.2, 0) is 9.59 Å². The summed E-state index contributed by atoms with van der Waals surface area (Å²) in [6, 6.07) is 8.67. The Hall–Kier alpha value is -4.02. The van der Waals surface area contributed by atoms with E-state index in [1.165, 1.54) is 23.0 Å². The number of nitrogens with zero attached hydrogens (tertiary/aromatic N) is 6. The lowest BCUT2D eigenvalue weighted by Crippen LogP contribution is -2.35. The fraction of sp³-hybridized carbons (Fsp3) is 0.263. The molecule has 0 aliphatic carbocycles. The number of nitrogens with one attached hydrogen (secondary N) is 1. The number of rotatable bonds is 5. The molecule has 11 heteroatoms. The highest BCUT2D eigenvalue weighted by molar-refractivity contribution is 6.24. The summed E-state index contributed by atoms with van der Waals surface area (Å²) in [5.74, 6) is 0.385. The van der Waals surface area contributed by atoms with E-state index in [4.69, 9.17) is 9.47 Å². The number of para-hydroxylation sites is 2. The van der Waals surface area contributed by atoms with Gasteiger partial charge in [0.25, 0.3) is 17.8 Å². The Morgan fingerprint density at radius 2 is 2.00 bits per heavy atom. The molecule has 1 atom stereocenters. The summed E-state index contributed by atoms with van der Waals surface area (Å²) in [6.45, 7) is 1.51. The third-order valence-electron chi connectivity index (χ3n) is 4.41. The molecule has 4 rings (SSSR count). The van der Waals surface area contributed by atoms with E-state index in [1.54, 1.807) is 44.3 Å². The standard InChI is InChI=1S/C19H19N7O4/c1-11-8-15(21-16(27)10-30-14-7-5-4-6-13(14)29-3)26(24-11)19-22-17-12(18(28)23-19)9-20-25(17)2/h4-9,12H,10H2,1-3H3,(H,21,27). The number of fused-ring (bicyclic) bond motifs is 1. The molecule has 3 heterocycles. The van der Waals surface area contributed by atoms with Gasteiger partial charge in [-0.1, -0.05) is 12.1 Å². The van der Waals surface area contributed by atoms with Crippen LogP contribution in [0.15, 0.2) is 45.4 Å². The molecule has 0 radical (unpaired) electrons. The lowest BCUT2D eigenvalue weighted by Gasteiger charge is -2.17. The van der Waals surface area contributed by atoms with Crippen LogP contribution in [0.1, 0.15) is 5.69 Å². The molecule has 0 spiro atoms. The van der Waals surface area contributed by atoms with E-state index in [9.17, 15) is 9.59 Å². The van der Waals surface area contributed by atoms with Crippen molar-refractivity contribution in [1.82, 2.24) is 14.8 Å². The first-order valence-corrected chi connectivity index (χ1v) is 9.08. The number of methoxy groups -OCH3 is 1. The Kier molecular flexibility index (Phi) is 5.00. The van der Waals surface area contributed by atoms with Crippen LogP contribution in [0.5, 0.6) is 11.5 Å². The molecule has 1 aromatic heterocycles.